The molecular weight excluding hydrogens is 166 g/mol. The van der Waals surface area contributed by atoms with E-state index in [1.807, 2.05) is 18.9 Å². The first kappa shape index (κ1) is 9.64. The number of Topliss-reactive ketones (excluding diaryl/α,β-unsaturated/α-hetero) is 1. The fourth-order valence-corrected chi connectivity index (χ4v) is 1.05. The van der Waals surface area contributed by atoms with E-state index >= 15 is 0 Å². The Morgan fingerprint density at radius 3 is 2.77 bits per heavy atom. The van der Waals surface area contributed by atoms with Crippen molar-refractivity contribution < 1.29 is 4.79 Å². The third kappa shape index (κ3) is 2.24. The zero-order chi connectivity index (χ0) is 9.84. The summed E-state index contributed by atoms with van der Waals surface area (Å²) in [6.45, 7) is 3.89. The third-order valence-electron chi connectivity index (χ3n) is 1.73. The number of carbonyl (C=O) groups is 1. The van der Waals surface area contributed by atoms with Gasteiger partial charge in [0.2, 0.25) is 0 Å². The molecular formula is C9H13N3O. The summed E-state index contributed by atoms with van der Waals surface area (Å²) in [7, 11) is 1.88. The number of rotatable bonds is 2. The lowest BCUT2D eigenvalue weighted by molar-refractivity contribution is -0.113. The number of nitrogens with zero attached hydrogens (tertiary/aromatic N) is 3. The number of amidine groups is 1. The summed E-state index contributed by atoms with van der Waals surface area (Å²) in [5, 5.41) is 0. The lowest BCUT2D eigenvalue weighted by Crippen LogP contribution is -2.24. The molecule has 0 amide bonds. The first-order chi connectivity index (χ1) is 6.15. The number of ketones is 1. The summed E-state index contributed by atoms with van der Waals surface area (Å²) in [5.41, 5.74) is 0.587. The lowest BCUT2D eigenvalue weighted by Gasteiger charge is -2.15. The van der Waals surface area contributed by atoms with Gasteiger partial charge in [-0.15, -0.1) is 0 Å². The Morgan fingerprint density at radius 2 is 2.38 bits per heavy atom. The van der Waals surface area contributed by atoms with Crippen LogP contribution in [-0.2, 0) is 4.79 Å². The summed E-state index contributed by atoms with van der Waals surface area (Å²) < 4.78 is 0. The second kappa shape index (κ2) is 3.98. The van der Waals surface area contributed by atoms with Gasteiger partial charge < -0.3 is 4.90 Å². The molecule has 0 saturated heterocycles. The van der Waals surface area contributed by atoms with Gasteiger partial charge in [-0.2, -0.15) is 0 Å². The van der Waals surface area contributed by atoms with Gasteiger partial charge >= 0.3 is 0 Å². The van der Waals surface area contributed by atoms with E-state index in [-0.39, 0.29) is 5.78 Å². The lowest BCUT2D eigenvalue weighted by atomic mass is 10.1. The van der Waals surface area contributed by atoms with Gasteiger partial charge in [0.05, 0.1) is 11.9 Å². The van der Waals surface area contributed by atoms with Crippen molar-refractivity contribution in [3.63, 3.8) is 0 Å². The average molecular weight is 179 g/mol. The Labute approximate surface area is 77.7 Å². The normalized spacial score (nSPS) is 17.3. The van der Waals surface area contributed by atoms with E-state index in [4.69, 9.17) is 0 Å². The fraction of sp³-hybridized carbons (Fsp3) is 0.444. The van der Waals surface area contributed by atoms with E-state index in [0.717, 1.165) is 0 Å². The zero-order valence-corrected chi connectivity index (χ0v) is 8.11. The van der Waals surface area contributed by atoms with Crippen LogP contribution >= 0.6 is 0 Å². The van der Waals surface area contributed by atoms with Crippen LogP contribution in [0.5, 0.6) is 0 Å². The second-order valence-electron chi connectivity index (χ2n) is 2.88. The number of allylic oxidation sites excluding steroid dienone is 1. The van der Waals surface area contributed by atoms with Crippen LogP contribution in [0, 0.1) is 0 Å². The molecule has 0 N–H and O–H groups in total. The van der Waals surface area contributed by atoms with E-state index in [1.54, 1.807) is 12.4 Å². The number of carbonyl (C=O) groups excluding carboxylic acids is 1. The van der Waals surface area contributed by atoms with Crippen LogP contribution in [0.1, 0.15) is 13.8 Å². The van der Waals surface area contributed by atoms with Gasteiger partial charge in [-0.05, 0) is 13.8 Å². The minimum atomic E-state index is 0.00273. The Morgan fingerprint density at radius 1 is 1.69 bits per heavy atom. The molecule has 1 aliphatic heterocycles. The zero-order valence-electron chi connectivity index (χ0n) is 8.11. The number of hydrogen-bond donors (Lipinski definition) is 0. The first-order valence-corrected chi connectivity index (χ1v) is 4.11. The summed E-state index contributed by atoms with van der Waals surface area (Å²) in [4.78, 5) is 21.2. The van der Waals surface area contributed by atoms with E-state index in [9.17, 15) is 4.79 Å². The molecule has 70 valence electrons. The van der Waals surface area contributed by atoms with Crippen molar-refractivity contribution in [2.75, 3.05) is 13.7 Å². The highest BCUT2D eigenvalue weighted by Crippen LogP contribution is 2.04. The van der Waals surface area contributed by atoms with Gasteiger partial charge in [-0.25, -0.2) is 9.98 Å². The third-order valence-corrected chi connectivity index (χ3v) is 1.73. The largest absolute Gasteiger partial charge is 0.346 e. The van der Waals surface area contributed by atoms with Gasteiger partial charge in [0, 0.05) is 7.05 Å². The molecule has 0 fully saturated rings. The molecule has 0 radical (unpaired) electrons. The maximum absolute atomic E-state index is 11.1. The Balaban J connectivity index is 2.85. The maximum atomic E-state index is 11.1. The SMILES string of the molecule is CC=C(C(C)=O)C1=NCN(C)C=N1. The molecule has 0 aliphatic carbocycles. The molecule has 0 saturated carbocycles. The Kier molecular flexibility index (Phi) is 2.95. The number of aliphatic imine (C=N–C) groups is 2. The van der Waals surface area contributed by atoms with Crippen molar-refractivity contribution in [1.29, 1.82) is 0 Å². The van der Waals surface area contributed by atoms with Crippen LogP contribution in [0.4, 0.5) is 0 Å². The predicted octanol–water partition coefficient (Wildman–Crippen LogP) is 0.851. The standard InChI is InChI=1S/C9H13N3O/c1-4-8(7(2)13)9-10-5-12(3)6-11-9/h4-5H,6H2,1-3H3. The highest BCUT2D eigenvalue weighted by Gasteiger charge is 2.12. The Hall–Kier alpha value is -1.45. The molecule has 0 bridgehead atoms. The molecule has 4 heteroatoms. The molecule has 1 aliphatic rings. The van der Waals surface area contributed by atoms with Gasteiger partial charge in [0.1, 0.15) is 6.67 Å². The summed E-state index contributed by atoms with van der Waals surface area (Å²) in [5.74, 6) is 0.538. The summed E-state index contributed by atoms with van der Waals surface area (Å²) in [6, 6.07) is 0. The molecule has 0 aromatic rings. The van der Waals surface area contributed by atoms with E-state index in [2.05, 4.69) is 9.98 Å². The van der Waals surface area contributed by atoms with Crippen LogP contribution in [0.25, 0.3) is 0 Å². The highest BCUT2D eigenvalue weighted by atomic mass is 16.1. The minimum Gasteiger partial charge on any atom is -0.346 e. The minimum absolute atomic E-state index is 0.00273. The second-order valence-corrected chi connectivity index (χ2v) is 2.88. The van der Waals surface area contributed by atoms with Crippen molar-refractivity contribution in [3.8, 4) is 0 Å². The monoisotopic (exact) mass is 179 g/mol. The first-order valence-electron chi connectivity index (χ1n) is 4.11. The van der Waals surface area contributed by atoms with E-state index < -0.39 is 0 Å². The van der Waals surface area contributed by atoms with Crippen molar-refractivity contribution in [3.05, 3.63) is 11.6 Å². The van der Waals surface area contributed by atoms with Crippen molar-refractivity contribution in [1.82, 2.24) is 4.90 Å². The molecule has 4 nitrogen and oxygen atoms in total. The molecule has 0 aromatic carbocycles. The van der Waals surface area contributed by atoms with Crippen molar-refractivity contribution in [2.24, 2.45) is 9.98 Å². The van der Waals surface area contributed by atoms with Crippen LogP contribution in [-0.4, -0.2) is 36.6 Å². The average Bonchev–Trinajstić information content (AvgIpc) is 2.09. The highest BCUT2D eigenvalue weighted by molar-refractivity contribution is 6.22. The predicted molar refractivity (Wildman–Crippen MR) is 53.0 cm³/mol. The van der Waals surface area contributed by atoms with Crippen LogP contribution < -0.4 is 0 Å². The summed E-state index contributed by atoms with van der Waals surface area (Å²) in [6.07, 6.45) is 3.42. The maximum Gasteiger partial charge on any atom is 0.163 e. The quantitative estimate of drug-likeness (QED) is 0.590. The topological polar surface area (TPSA) is 45.0 Å². The smallest absolute Gasteiger partial charge is 0.163 e. The molecule has 13 heavy (non-hydrogen) atoms. The summed E-state index contributed by atoms with van der Waals surface area (Å²) >= 11 is 0. The molecule has 1 rings (SSSR count). The van der Waals surface area contributed by atoms with Crippen LogP contribution in [0.2, 0.25) is 0 Å². The van der Waals surface area contributed by atoms with Gasteiger partial charge in [-0.1, -0.05) is 6.08 Å². The van der Waals surface area contributed by atoms with E-state index in [1.165, 1.54) is 6.92 Å². The van der Waals surface area contributed by atoms with Crippen molar-refractivity contribution in [2.45, 2.75) is 13.8 Å². The fourth-order valence-electron chi connectivity index (χ4n) is 1.05. The Bertz CT molecular complexity index is 302. The van der Waals surface area contributed by atoms with Gasteiger partial charge in [0.15, 0.2) is 11.6 Å². The molecule has 0 spiro atoms. The number of hydrogen-bond acceptors (Lipinski definition) is 4. The molecule has 0 aromatic heterocycles. The van der Waals surface area contributed by atoms with Gasteiger partial charge in [0.25, 0.3) is 0 Å². The molecule has 0 atom stereocenters. The molecule has 1 heterocycles. The van der Waals surface area contributed by atoms with Crippen molar-refractivity contribution >= 4 is 18.0 Å². The van der Waals surface area contributed by atoms with Crippen LogP contribution in [0.3, 0.4) is 0 Å². The molecule has 0 unspecified atom stereocenters. The van der Waals surface area contributed by atoms with E-state index in [0.29, 0.717) is 18.1 Å². The van der Waals surface area contributed by atoms with Crippen LogP contribution in [0.15, 0.2) is 21.6 Å². The van der Waals surface area contributed by atoms with Gasteiger partial charge in [-0.3, -0.25) is 4.79 Å².